The van der Waals surface area contributed by atoms with Crippen LogP contribution in [0.4, 0.5) is 0 Å². The van der Waals surface area contributed by atoms with Crippen LogP contribution in [-0.4, -0.2) is 30.6 Å². The van der Waals surface area contributed by atoms with E-state index in [1.54, 1.807) is 12.1 Å². The first-order valence-electron chi connectivity index (χ1n) is 6.42. The SMILES string of the molecule is CC(C)(P)C(C)(C)OBc1ccc(C(=O)CN)cc1. The first kappa shape index (κ1) is 16.4. The Morgan fingerprint density at radius 1 is 1.26 bits per heavy atom. The molecule has 1 aromatic rings. The summed E-state index contributed by atoms with van der Waals surface area (Å²) in [4.78, 5) is 11.4. The fourth-order valence-electron chi connectivity index (χ4n) is 1.35. The molecule has 0 fully saturated rings. The van der Waals surface area contributed by atoms with E-state index in [2.05, 4.69) is 36.9 Å². The molecule has 0 aromatic heterocycles. The van der Waals surface area contributed by atoms with Crippen molar-refractivity contribution in [3.05, 3.63) is 29.8 Å². The van der Waals surface area contributed by atoms with E-state index in [0.717, 1.165) is 5.46 Å². The van der Waals surface area contributed by atoms with E-state index in [9.17, 15) is 4.79 Å². The zero-order valence-corrected chi connectivity index (χ0v) is 13.3. The topological polar surface area (TPSA) is 52.3 Å². The highest BCUT2D eigenvalue weighted by Gasteiger charge is 2.33. The lowest BCUT2D eigenvalue weighted by Gasteiger charge is -2.39. The molecule has 0 radical (unpaired) electrons. The Morgan fingerprint density at radius 3 is 2.21 bits per heavy atom. The van der Waals surface area contributed by atoms with E-state index in [1.807, 2.05) is 12.1 Å². The highest BCUT2D eigenvalue weighted by molar-refractivity contribution is 7.19. The van der Waals surface area contributed by atoms with Gasteiger partial charge in [0.2, 0.25) is 0 Å². The molecule has 1 unspecified atom stereocenters. The van der Waals surface area contributed by atoms with Crippen molar-refractivity contribution < 1.29 is 9.45 Å². The van der Waals surface area contributed by atoms with Gasteiger partial charge in [-0.25, -0.2) is 0 Å². The largest absolute Gasteiger partial charge is 0.429 e. The highest BCUT2D eigenvalue weighted by atomic mass is 31.0. The summed E-state index contributed by atoms with van der Waals surface area (Å²) < 4.78 is 5.98. The van der Waals surface area contributed by atoms with Crippen LogP contribution in [0.3, 0.4) is 0 Å². The van der Waals surface area contributed by atoms with Crippen LogP contribution in [0.5, 0.6) is 0 Å². The summed E-state index contributed by atoms with van der Waals surface area (Å²) in [5.41, 5.74) is 6.78. The van der Waals surface area contributed by atoms with E-state index >= 15 is 0 Å². The van der Waals surface area contributed by atoms with Crippen LogP contribution >= 0.6 is 9.24 Å². The van der Waals surface area contributed by atoms with Crippen LogP contribution in [0.2, 0.25) is 0 Å². The molecule has 5 heteroatoms. The Kier molecular flexibility index (Phi) is 5.31. The quantitative estimate of drug-likeness (QED) is 0.484. The summed E-state index contributed by atoms with van der Waals surface area (Å²) in [6.45, 7) is 8.45. The highest BCUT2D eigenvalue weighted by Crippen LogP contribution is 2.32. The number of rotatable bonds is 6. The van der Waals surface area contributed by atoms with Crippen LogP contribution < -0.4 is 11.2 Å². The number of nitrogens with two attached hydrogens (primary N) is 1. The third kappa shape index (κ3) is 4.41. The number of benzene rings is 1. The second-order valence-electron chi connectivity index (χ2n) is 5.84. The van der Waals surface area contributed by atoms with Crippen molar-refractivity contribution in [2.45, 2.75) is 38.5 Å². The average molecular weight is 279 g/mol. The maximum absolute atomic E-state index is 11.4. The molecule has 0 saturated heterocycles. The third-order valence-corrected chi connectivity index (χ3v) is 4.31. The Hall–Kier alpha value is -0.695. The summed E-state index contributed by atoms with van der Waals surface area (Å²) in [5.74, 6) is -0.0427. The molecule has 0 saturated carbocycles. The molecule has 1 rings (SSSR count). The van der Waals surface area contributed by atoms with Crippen LogP contribution in [0.15, 0.2) is 24.3 Å². The van der Waals surface area contributed by atoms with Gasteiger partial charge in [-0.3, -0.25) is 4.79 Å². The van der Waals surface area contributed by atoms with Crippen LogP contribution in [0, 0.1) is 0 Å². The van der Waals surface area contributed by atoms with Gasteiger partial charge in [-0.15, -0.1) is 9.24 Å². The maximum atomic E-state index is 11.4. The molecule has 0 aliphatic carbocycles. The van der Waals surface area contributed by atoms with Crippen LogP contribution in [0.25, 0.3) is 0 Å². The van der Waals surface area contributed by atoms with Crippen molar-refractivity contribution in [2.24, 2.45) is 5.73 Å². The zero-order valence-electron chi connectivity index (χ0n) is 12.2. The molecule has 0 amide bonds. The Morgan fingerprint density at radius 2 is 1.79 bits per heavy atom. The fourth-order valence-corrected chi connectivity index (χ4v) is 1.44. The van der Waals surface area contributed by atoms with Gasteiger partial charge in [0.25, 0.3) is 0 Å². The van der Waals surface area contributed by atoms with Gasteiger partial charge >= 0.3 is 7.48 Å². The molecular formula is C14H23BNO2P. The molecule has 3 nitrogen and oxygen atoms in total. The van der Waals surface area contributed by atoms with Gasteiger partial charge in [0.1, 0.15) is 0 Å². The number of hydrogen-bond donors (Lipinski definition) is 1. The van der Waals surface area contributed by atoms with Crippen molar-refractivity contribution in [1.82, 2.24) is 0 Å². The third-order valence-electron chi connectivity index (χ3n) is 3.61. The molecule has 0 aliphatic rings. The lowest BCUT2D eigenvalue weighted by atomic mass is 9.83. The second-order valence-corrected chi connectivity index (χ2v) is 7.29. The molecule has 0 spiro atoms. The predicted molar refractivity (Wildman–Crippen MR) is 85.6 cm³/mol. The molecule has 0 aliphatic heterocycles. The number of Topliss-reactive ketones (excluding diaryl/α,β-unsaturated/α-hetero) is 1. The van der Waals surface area contributed by atoms with Crippen molar-refractivity contribution in [3.8, 4) is 0 Å². The van der Waals surface area contributed by atoms with Gasteiger partial charge in [-0.05, 0) is 13.8 Å². The summed E-state index contributed by atoms with van der Waals surface area (Å²) in [6, 6.07) is 7.42. The minimum absolute atomic E-state index is 0.0115. The molecule has 104 valence electrons. The monoisotopic (exact) mass is 279 g/mol. The van der Waals surface area contributed by atoms with Gasteiger partial charge in [0.15, 0.2) is 5.78 Å². The molecule has 1 aromatic carbocycles. The molecule has 19 heavy (non-hydrogen) atoms. The summed E-state index contributed by atoms with van der Waals surface area (Å²) in [5, 5.41) is -0.0115. The maximum Gasteiger partial charge on any atom is 0.309 e. The Balaban J connectivity index is 2.67. The van der Waals surface area contributed by atoms with E-state index in [0.29, 0.717) is 13.0 Å². The predicted octanol–water partition coefficient (Wildman–Crippen LogP) is 1.25. The fraction of sp³-hybridized carbons (Fsp3) is 0.500. The number of carbonyl (C=O) groups excluding carboxylic acids is 1. The molecular weight excluding hydrogens is 256 g/mol. The molecule has 1 atom stereocenters. The minimum atomic E-state index is -0.247. The van der Waals surface area contributed by atoms with Gasteiger partial charge in [0.05, 0.1) is 12.1 Å². The van der Waals surface area contributed by atoms with Crippen LogP contribution in [0.1, 0.15) is 38.1 Å². The summed E-state index contributed by atoms with van der Waals surface area (Å²) >= 11 is 0. The second kappa shape index (κ2) is 6.17. The van der Waals surface area contributed by atoms with Gasteiger partial charge in [-0.2, -0.15) is 0 Å². The molecule has 0 bridgehead atoms. The smallest absolute Gasteiger partial charge is 0.309 e. The first-order chi connectivity index (χ1) is 8.67. The lowest BCUT2D eigenvalue weighted by molar-refractivity contribution is 0.0841. The number of ketones is 1. The van der Waals surface area contributed by atoms with Crippen LogP contribution in [-0.2, 0) is 4.65 Å². The Labute approximate surface area is 118 Å². The van der Waals surface area contributed by atoms with Gasteiger partial charge < -0.3 is 10.4 Å². The lowest BCUT2D eigenvalue weighted by Crippen LogP contribution is -2.45. The van der Waals surface area contributed by atoms with Crippen molar-refractivity contribution in [1.29, 1.82) is 0 Å². The Bertz CT molecular complexity index is 438. The van der Waals surface area contributed by atoms with E-state index in [4.69, 9.17) is 10.4 Å². The van der Waals surface area contributed by atoms with Crippen molar-refractivity contribution in [2.75, 3.05) is 6.54 Å². The number of carbonyl (C=O) groups is 1. The summed E-state index contributed by atoms with van der Waals surface area (Å²) in [7, 11) is 3.34. The van der Waals surface area contributed by atoms with Gasteiger partial charge in [0, 0.05) is 10.7 Å². The number of hydrogen-bond acceptors (Lipinski definition) is 3. The van der Waals surface area contributed by atoms with Gasteiger partial charge in [-0.1, -0.05) is 43.6 Å². The summed E-state index contributed by atoms with van der Waals surface area (Å²) in [6.07, 6.45) is 0. The molecule has 0 heterocycles. The normalized spacial score (nSPS) is 12.3. The van der Waals surface area contributed by atoms with Crippen molar-refractivity contribution >= 4 is 28.0 Å². The van der Waals surface area contributed by atoms with E-state index < -0.39 is 0 Å². The first-order valence-corrected chi connectivity index (χ1v) is 7.00. The van der Waals surface area contributed by atoms with E-state index in [-0.39, 0.29) is 23.1 Å². The van der Waals surface area contributed by atoms with Crippen molar-refractivity contribution in [3.63, 3.8) is 0 Å². The average Bonchev–Trinajstić information content (AvgIpc) is 2.35. The molecule has 2 N–H and O–H groups in total. The standard InChI is InChI=1S/C14H23BNO2P/c1-13(2,14(3,4)19)18-15-11-7-5-10(6-8-11)12(17)9-16/h5-8,15H,9,16,19H2,1-4H3. The van der Waals surface area contributed by atoms with E-state index in [1.165, 1.54) is 0 Å². The zero-order chi connectivity index (χ0) is 14.7. The minimum Gasteiger partial charge on any atom is -0.429 e.